The van der Waals surface area contributed by atoms with Gasteiger partial charge in [0, 0.05) is 31.4 Å². The molecule has 1 aromatic rings. The first-order valence-electron chi connectivity index (χ1n) is 7.69. The maximum Gasteiger partial charge on any atom is 0.304 e. The largest absolute Gasteiger partial charge is 0.503 e. The van der Waals surface area contributed by atoms with E-state index in [1.165, 1.54) is 6.07 Å². The van der Waals surface area contributed by atoms with Crippen molar-refractivity contribution in [2.45, 2.75) is 52.6 Å². The minimum atomic E-state index is -0.861. The number of hydrogen-bond acceptors (Lipinski definition) is 4. The second-order valence-corrected chi connectivity index (χ2v) is 5.69. The lowest BCUT2D eigenvalue weighted by molar-refractivity contribution is -0.137. The molecule has 1 rings (SSSR count). The van der Waals surface area contributed by atoms with Gasteiger partial charge in [0.25, 0.3) is 0 Å². The SMILES string of the molecule is CCCCCn1c(C)cc(=O)c(O)c1CN(C)CCC(=O)O. The van der Waals surface area contributed by atoms with Crippen molar-refractivity contribution in [2.24, 2.45) is 0 Å². The molecule has 6 nitrogen and oxygen atoms in total. The third-order valence-corrected chi connectivity index (χ3v) is 3.71. The monoisotopic (exact) mass is 310 g/mol. The molecule has 22 heavy (non-hydrogen) atoms. The van der Waals surface area contributed by atoms with Crippen molar-refractivity contribution in [3.05, 3.63) is 27.7 Å². The summed E-state index contributed by atoms with van der Waals surface area (Å²) >= 11 is 0. The highest BCUT2D eigenvalue weighted by Gasteiger charge is 2.15. The molecule has 0 bridgehead atoms. The summed E-state index contributed by atoms with van der Waals surface area (Å²) in [5, 5.41) is 18.8. The summed E-state index contributed by atoms with van der Waals surface area (Å²) in [6, 6.07) is 1.45. The Bertz CT molecular complexity index is 566. The minimum absolute atomic E-state index is 0.0309. The van der Waals surface area contributed by atoms with Crippen LogP contribution < -0.4 is 5.43 Å². The highest BCUT2D eigenvalue weighted by Crippen LogP contribution is 2.17. The molecule has 124 valence electrons. The summed E-state index contributed by atoms with van der Waals surface area (Å²) < 4.78 is 1.96. The summed E-state index contributed by atoms with van der Waals surface area (Å²) in [6.07, 6.45) is 3.19. The fraction of sp³-hybridized carbons (Fsp3) is 0.625. The zero-order chi connectivity index (χ0) is 16.7. The Balaban J connectivity index is 2.98. The van der Waals surface area contributed by atoms with Crippen molar-refractivity contribution < 1.29 is 15.0 Å². The first kappa shape index (κ1) is 18.2. The van der Waals surface area contributed by atoms with Gasteiger partial charge in [-0.25, -0.2) is 0 Å². The molecule has 0 amide bonds. The van der Waals surface area contributed by atoms with Crippen LogP contribution in [0.2, 0.25) is 0 Å². The number of carboxylic acids is 1. The summed E-state index contributed by atoms with van der Waals surface area (Å²) in [5.41, 5.74) is 1.00. The number of aromatic nitrogens is 1. The maximum absolute atomic E-state index is 11.8. The number of aliphatic carboxylic acids is 1. The molecule has 2 N–H and O–H groups in total. The Kier molecular flexibility index (Phi) is 7.11. The molecule has 0 radical (unpaired) electrons. The number of hydrogen-bond donors (Lipinski definition) is 2. The molecule has 0 saturated carbocycles. The Hall–Kier alpha value is -1.82. The molecule has 0 atom stereocenters. The minimum Gasteiger partial charge on any atom is -0.503 e. The first-order valence-corrected chi connectivity index (χ1v) is 7.69. The predicted octanol–water partition coefficient (Wildman–Crippen LogP) is 1.96. The average molecular weight is 310 g/mol. The first-order chi connectivity index (χ1) is 10.4. The fourth-order valence-electron chi connectivity index (χ4n) is 2.43. The maximum atomic E-state index is 11.8. The zero-order valence-electron chi connectivity index (χ0n) is 13.6. The zero-order valence-corrected chi connectivity index (χ0v) is 13.6. The van der Waals surface area contributed by atoms with Crippen LogP contribution in [-0.4, -0.2) is 39.2 Å². The van der Waals surface area contributed by atoms with Crippen LogP contribution in [0.15, 0.2) is 10.9 Å². The van der Waals surface area contributed by atoms with Crippen LogP contribution in [0.25, 0.3) is 0 Å². The second-order valence-electron chi connectivity index (χ2n) is 5.69. The van der Waals surface area contributed by atoms with E-state index in [4.69, 9.17) is 5.11 Å². The van der Waals surface area contributed by atoms with Crippen molar-refractivity contribution in [3.63, 3.8) is 0 Å². The molecule has 0 aliphatic heterocycles. The van der Waals surface area contributed by atoms with Crippen LogP contribution in [0.4, 0.5) is 0 Å². The van der Waals surface area contributed by atoms with E-state index in [1.807, 2.05) is 11.5 Å². The van der Waals surface area contributed by atoms with Crippen LogP contribution in [0, 0.1) is 6.92 Å². The van der Waals surface area contributed by atoms with Gasteiger partial charge >= 0.3 is 5.97 Å². The molecule has 0 saturated heterocycles. The lowest BCUT2D eigenvalue weighted by atomic mass is 10.2. The number of pyridine rings is 1. The Labute approximate surface area is 131 Å². The van der Waals surface area contributed by atoms with Gasteiger partial charge in [-0.15, -0.1) is 0 Å². The average Bonchev–Trinajstić information content (AvgIpc) is 2.45. The lowest BCUT2D eigenvalue weighted by Crippen LogP contribution is -2.26. The smallest absolute Gasteiger partial charge is 0.304 e. The van der Waals surface area contributed by atoms with Gasteiger partial charge in [0.15, 0.2) is 5.75 Å². The van der Waals surface area contributed by atoms with Gasteiger partial charge in [0.05, 0.1) is 12.1 Å². The van der Waals surface area contributed by atoms with Crippen molar-refractivity contribution >= 4 is 5.97 Å². The van der Waals surface area contributed by atoms with Crippen molar-refractivity contribution in [1.82, 2.24) is 9.47 Å². The van der Waals surface area contributed by atoms with Gasteiger partial charge in [-0.05, 0) is 20.4 Å². The van der Waals surface area contributed by atoms with Gasteiger partial charge in [0.1, 0.15) is 0 Å². The number of carboxylic acid groups (broad SMARTS) is 1. The van der Waals surface area contributed by atoms with Crippen molar-refractivity contribution in [3.8, 4) is 5.75 Å². The second kappa shape index (κ2) is 8.58. The van der Waals surface area contributed by atoms with Crippen LogP contribution in [-0.2, 0) is 17.9 Å². The van der Waals surface area contributed by atoms with Gasteiger partial charge in [-0.1, -0.05) is 19.8 Å². The summed E-state index contributed by atoms with van der Waals surface area (Å²) in [6.45, 7) is 5.44. The molecule has 1 aromatic heterocycles. The van der Waals surface area contributed by atoms with E-state index in [9.17, 15) is 14.7 Å². The number of nitrogens with zero attached hydrogens (tertiary/aromatic N) is 2. The molecule has 0 aromatic carbocycles. The Morgan fingerprint density at radius 3 is 2.64 bits per heavy atom. The van der Waals surface area contributed by atoms with E-state index in [-0.39, 0.29) is 17.6 Å². The number of carbonyl (C=O) groups is 1. The van der Waals surface area contributed by atoms with Crippen LogP contribution in [0.5, 0.6) is 5.75 Å². The van der Waals surface area contributed by atoms with Crippen LogP contribution in [0.3, 0.4) is 0 Å². The van der Waals surface area contributed by atoms with E-state index in [2.05, 4.69) is 6.92 Å². The van der Waals surface area contributed by atoms with E-state index in [0.717, 1.165) is 31.5 Å². The van der Waals surface area contributed by atoms with Crippen LogP contribution in [0.1, 0.15) is 44.0 Å². The predicted molar refractivity (Wildman–Crippen MR) is 85.2 cm³/mol. The molecule has 0 fully saturated rings. The van der Waals surface area contributed by atoms with Crippen molar-refractivity contribution in [1.29, 1.82) is 0 Å². The third-order valence-electron chi connectivity index (χ3n) is 3.71. The molecule has 0 spiro atoms. The van der Waals surface area contributed by atoms with Crippen molar-refractivity contribution in [2.75, 3.05) is 13.6 Å². The highest BCUT2D eigenvalue weighted by atomic mass is 16.4. The van der Waals surface area contributed by atoms with Gasteiger partial charge in [-0.2, -0.15) is 0 Å². The number of aryl methyl sites for hydroxylation is 1. The molecular weight excluding hydrogens is 284 g/mol. The quantitative estimate of drug-likeness (QED) is 0.681. The van der Waals surface area contributed by atoms with Crippen LogP contribution >= 0.6 is 0 Å². The standard InChI is InChI=1S/C16H26N2O4/c1-4-5-6-8-18-12(2)10-14(19)16(22)13(18)11-17(3)9-7-15(20)21/h10,22H,4-9,11H2,1-3H3,(H,20,21). The number of rotatable bonds is 9. The number of unbranched alkanes of at least 4 members (excludes halogenated alkanes) is 2. The summed E-state index contributed by atoms with van der Waals surface area (Å²) in [4.78, 5) is 24.3. The van der Waals surface area contributed by atoms with Gasteiger partial charge < -0.3 is 14.8 Å². The highest BCUT2D eigenvalue weighted by molar-refractivity contribution is 5.66. The molecule has 0 unspecified atom stereocenters. The normalized spacial score (nSPS) is 11.1. The van der Waals surface area contributed by atoms with Gasteiger partial charge in [0.2, 0.25) is 5.43 Å². The van der Waals surface area contributed by atoms with E-state index in [1.54, 1.807) is 11.9 Å². The fourth-order valence-corrected chi connectivity index (χ4v) is 2.43. The molecule has 1 heterocycles. The molecule has 6 heteroatoms. The van der Waals surface area contributed by atoms with E-state index >= 15 is 0 Å². The summed E-state index contributed by atoms with van der Waals surface area (Å²) in [5.74, 6) is -1.09. The van der Waals surface area contributed by atoms with Gasteiger partial charge in [-0.3, -0.25) is 14.5 Å². The topological polar surface area (TPSA) is 82.8 Å². The molecule has 0 aliphatic rings. The third kappa shape index (κ3) is 5.18. The van der Waals surface area contributed by atoms with E-state index < -0.39 is 5.97 Å². The summed E-state index contributed by atoms with van der Waals surface area (Å²) in [7, 11) is 1.78. The molecular formula is C16H26N2O4. The Morgan fingerprint density at radius 2 is 2.05 bits per heavy atom. The van der Waals surface area contributed by atoms with E-state index in [0.29, 0.717) is 18.8 Å². The Morgan fingerprint density at radius 1 is 1.36 bits per heavy atom. The molecule has 0 aliphatic carbocycles. The number of aromatic hydroxyl groups is 1. The lowest BCUT2D eigenvalue weighted by Gasteiger charge is -2.22.